The van der Waals surface area contributed by atoms with Crippen molar-refractivity contribution in [2.75, 3.05) is 13.2 Å². The predicted octanol–water partition coefficient (Wildman–Crippen LogP) is 7.94. The standard InChI is InChI=1S/C29H32F6N2O5/c1-4-5-6-14-37-24(22-8-7-13-36-19-22)17-21-9-10-23(18-25(21)37)39-15-11-27(30,31)41-29(34,35)42-28(32,33)12-16-40-26(38)20(2)3/h7-10,13,17-19H,2,4-6,11-12,14-16H2,1,3H3. The summed E-state index contributed by atoms with van der Waals surface area (Å²) in [6.07, 6.45) is -11.2. The largest absolute Gasteiger partial charge is 0.494 e. The van der Waals surface area contributed by atoms with E-state index in [-0.39, 0.29) is 11.3 Å². The number of benzene rings is 1. The minimum atomic E-state index is -5.35. The number of carbonyl (C=O) groups excluding carboxylic acids is 1. The first-order chi connectivity index (χ1) is 19.7. The number of aryl methyl sites for hydroxylation is 1. The van der Waals surface area contributed by atoms with E-state index >= 15 is 0 Å². The van der Waals surface area contributed by atoms with Gasteiger partial charge in [-0.2, -0.15) is 17.6 Å². The lowest BCUT2D eigenvalue weighted by molar-refractivity contribution is -0.514. The molecular formula is C29H32F6N2O5. The second kappa shape index (κ2) is 14.1. The molecule has 7 nitrogen and oxygen atoms in total. The fourth-order valence-corrected chi connectivity index (χ4v) is 3.98. The van der Waals surface area contributed by atoms with Crippen LogP contribution in [0.1, 0.15) is 46.0 Å². The van der Waals surface area contributed by atoms with E-state index in [1.165, 1.54) is 6.92 Å². The summed E-state index contributed by atoms with van der Waals surface area (Å²) in [7, 11) is 0. The third-order valence-electron chi connectivity index (χ3n) is 5.99. The number of rotatable bonds is 17. The average molecular weight is 603 g/mol. The lowest BCUT2D eigenvalue weighted by Crippen LogP contribution is -2.41. The molecule has 0 amide bonds. The van der Waals surface area contributed by atoms with Crippen molar-refractivity contribution in [2.45, 2.75) is 71.0 Å². The van der Waals surface area contributed by atoms with Crippen molar-refractivity contribution in [3.63, 3.8) is 0 Å². The van der Waals surface area contributed by atoms with Gasteiger partial charge in [-0.3, -0.25) is 4.98 Å². The van der Waals surface area contributed by atoms with E-state index < -0.39 is 50.5 Å². The third kappa shape index (κ3) is 9.76. The van der Waals surface area contributed by atoms with Crippen molar-refractivity contribution in [2.24, 2.45) is 0 Å². The second-order valence-electron chi connectivity index (χ2n) is 9.56. The number of hydrogen-bond donors (Lipinski definition) is 0. The van der Waals surface area contributed by atoms with Gasteiger partial charge in [-0.05, 0) is 43.7 Å². The highest BCUT2D eigenvalue weighted by Gasteiger charge is 2.52. The number of fused-ring (bicyclic) bond motifs is 1. The Labute approximate surface area is 239 Å². The summed E-state index contributed by atoms with van der Waals surface area (Å²) < 4.78 is 102. The normalized spacial score (nSPS) is 12.5. The third-order valence-corrected chi connectivity index (χ3v) is 5.99. The van der Waals surface area contributed by atoms with E-state index in [0.29, 0.717) is 6.54 Å². The minimum absolute atomic E-state index is 0.106. The lowest BCUT2D eigenvalue weighted by atomic mass is 10.2. The fourth-order valence-electron chi connectivity index (χ4n) is 3.98. The molecular weight excluding hydrogens is 570 g/mol. The summed E-state index contributed by atoms with van der Waals surface area (Å²) in [5.74, 6) is -0.831. The number of pyridine rings is 1. The highest BCUT2D eigenvalue weighted by molar-refractivity contribution is 5.88. The van der Waals surface area contributed by atoms with Crippen LogP contribution in [-0.4, -0.2) is 47.2 Å². The highest BCUT2D eigenvalue weighted by Crippen LogP contribution is 2.36. The van der Waals surface area contributed by atoms with Crippen LogP contribution in [0.25, 0.3) is 22.2 Å². The van der Waals surface area contributed by atoms with Crippen molar-refractivity contribution in [1.29, 1.82) is 0 Å². The van der Waals surface area contributed by atoms with E-state index in [0.717, 1.165) is 41.4 Å². The molecule has 2 aromatic heterocycles. The van der Waals surface area contributed by atoms with Gasteiger partial charge in [0, 0.05) is 41.5 Å². The Balaban J connectivity index is 1.62. The summed E-state index contributed by atoms with van der Waals surface area (Å²) in [5.41, 5.74) is 2.48. The zero-order valence-corrected chi connectivity index (χ0v) is 23.2. The molecule has 0 atom stereocenters. The first-order valence-electron chi connectivity index (χ1n) is 13.2. The van der Waals surface area contributed by atoms with Gasteiger partial charge in [-0.15, -0.1) is 8.78 Å². The first kappa shape index (κ1) is 32.9. The summed E-state index contributed by atoms with van der Waals surface area (Å²) in [6, 6.07) is 10.7. The lowest BCUT2D eigenvalue weighted by Gasteiger charge is -2.26. The van der Waals surface area contributed by atoms with Gasteiger partial charge >= 0.3 is 24.5 Å². The van der Waals surface area contributed by atoms with E-state index in [4.69, 9.17) is 4.74 Å². The number of hydrogen-bond acceptors (Lipinski definition) is 6. The molecule has 13 heteroatoms. The Hall–Kier alpha value is -3.58. The summed E-state index contributed by atoms with van der Waals surface area (Å²) in [5, 5.41) is 0.874. The summed E-state index contributed by atoms with van der Waals surface area (Å²) >= 11 is 0. The SMILES string of the molecule is C=C(C)C(=O)OCCC(F)(F)OC(F)(F)OC(F)(F)CCOc1ccc2cc(-c3cccnc3)n(CCCCC)c2c1. The van der Waals surface area contributed by atoms with Crippen molar-refractivity contribution in [3.8, 4) is 17.0 Å². The number of alkyl halides is 6. The van der Waals surface area contributed by atoms with Gasteiger partial charge in [0.25, 0.3) is 0 Å². The Morgan fingerprint density at radius 3 is 2.29 bits per heavy atom. The topological polar surface area (TPSA) is 71.8 Å². The Morgan fingerprint density at radius 2 is 1.67 bits per heavy atom. The number of unbranched alkanes of at least 4 members (excludes halogenated alkanes) is 2. The number of ether oxygens (including phenoxy) is 4. The Morgan fingerprint density at radius 1 is 0.976 bits per heavy atom. The van der Waals surface area contributed by atoms with Crippen LogP contribution in [-0.2, 0) is 25.5 Å². The van der Waals surface area contributed by atoms with E-state index in [2.05, 4.69) is 37.3 Å². The second-order valence-corrected chi connectivity index (χ2v) is 9.56. The molecule has 0 unspecified atom stereocenters. The maximum absolute atomic E-state index is 14.1. The molecule has 1 aromatic carbocycles. The molecule has 0 bridgehead atoms. The van der Waals surface area contributed by atoms with Crippen LogP contribution in [0.3, 0.4) is 0 Å². The zero-order valence-electron chi connectivity index (χ0n) is 23.2. The number of carbonyl (C=O) groups is 1. The van der Waals surface area contributed by atoms with Gasteiger partial charge in [0.15, 0.2) is 0 Å². The first-order valence-corrected chi connectivity index (χ1v) is 13.2. The quantitative estimate of drug-likeness (QED) is 0.0514. The Kier molecular flexibility index (Phi) is 11.0. The summed E-state index contributed by atoms with van der Waals surface area (Å²) in [4.78, 5) is 15.4. The number of nitrogens with zero attached hydrogens (tertiary/aromatic N) is 2. The van der Waals surface area contributed by atoms with Crippen molar-refractivity contribution in [1.82, 2.24) is 9.55 Å². The van der Waals surface area contributed by atoms with Crippen molar-refractivity contribution in [3.05, 3.63) is 60.9 Å². The molecule has 3 aromatic rings. The molecule has 0 N–H and O–H groups in total. The molecule has 0 fully saturated rings. The van der Waals surface area contributed by atoms with Crippen LogP contribution >= 0.6 is 0 Å². The smallest absolute Gasteiger partial charge is 0.493 e. The molecule has 3 rings (SSSR count). The van der Waals surface area contributed by atoms with Gasteiger partial charge in [0.05, 0.1) is 37.3 Å². The van der Waals surface area contributed by atoms with E-state index in [1.54, 1.807) is 30.6 Å². The van der Waals surface area contributed by atoms with Gasteiger partial charge in [-0.1, -0.05) is 26.3 Å². The van der Waals surface area contributed by atoms with Crippen molar-refractivity contribution >= 4 is 16.9 Å². The Bertz CT molecular complexity index is 1350. The maximum Gasteiger partial charge on any atom is 0.494 e. The van der Waals surface area contributed by atoms with Crippen LogP contribution in [0.4, 0.5) is 26.3 Å². The molecule has 0 aliphatic rings. The molecule has 0 saturated carbocycles. The number of aromatic nitrogens is 2. The van der Waals surface area contributed by atoms with Crippen LogP contribution in [0.15, 0.2) is 60.9 Å². The molecule has 0 spiro atoms. The average Bonchev–Trinajstić information content (AvgIpc) is 3.25. The van der Waals surface area contributed by atoms with Gasteiger partial charge < -0.3 is 14.0 Å². The van der Waals surface area contributed by atoms with Gasteiger partial charge in [-0.25, -0.2) is 14.3 Å². The fraction of sp³-hybridized carbons (Fsp3) is 0.448. The van der Waals surface area contributed by atoms with Crippen LogP contribution < -0.4 is 4.74 Å². The zero-order chi connectivity index (χ0) is 31.0. The monoisotopic (exact) mass is 602 g/mol. The predicted molar refractivity (Wildman–Crippen MR) is 142 cm³/mol. The van der Waals surface area contributed by atoms with Crippen molar-refractivity contribution < 1.29 is 50.1 Å². The minimum Gasteiger partial charge on any atom is -0.493 e. The van der Waals surface area contributed by atoms with E-state index in [9.17, 15) is 31.1 Å². The molecule has 0 radical (unpaired) electrons. The maximum atomic E-state index is 14.1. The highest BCUT2D eigenvalue weighted by atomic mass is 19.3. The molecule has 2 heterocycles. The van der Waals surface area contributed by atoms with Crippen LogP contribution in [0, 0.1) is 0 Å². The molecule has 0 aliphatic carbocycles. The number of halogens is 6. The molecule has 0 saturated heterocycles. The summed E-state index contributed by atoms with van der Waals surface area (Å²) in [6.45, 7) is 5.45. The molecule has 42 heavy (non-hydrogen) atoms. The van der Waals surface area contributed by atoms with Gasteiger partial charge in [0.1, 0.15) is 5.75 Å². The number of esters is 1. The van der Waals surface area contributed by atoms with E-state index in [1.807, 2.05) is 18.2 Å². The molecule has 230 valence electrons. The van der Waals surface area contributed by atoms with Crippen LogP contribution in [0.5, 0.6) is 5.75 Å². The molecule has 0 aliphatic heterocycles. The van der Waals surface area contributed by atoms with Gasteiger partial charge in [0.2, 0.25) is 0 Å². The van der Waals surface area contributed by atoms with Crippen LogP contribution in [0.2, 0.25) is 0 Å².